The van der Waals surface area contributed by atoms with Gasteiger partial charge < -0.3 is 15.4 Å². The second kappa shape index (κ2) is 7.28. The van der Waals surface area contributed by atoms with E-state index >= 15 is 0 Å². The van der Waals surface area contributed by atoms with Crippen LogP contribution in [0.25, 0.3) is 0 Å². The van der Waals surface area contributed by atoms with Gasteiger partial charge in [-0.15, -0.1) is 0 Å². The Labute approximate surface area is 122 Å². The number of methoxy groups -OCH3 is 1. The Balaban J connectivity index is 1.82. The lowest BCUT2D eigenvalue weighted by Gasteiger charge is -2.10. The van der Waals surface area contributed by atoms with E-state index in [2.05, 4.69) is 10.6 Å². The maximum absolute atomic E-state index is 13.0. The van der Waals surface area contributed by atoms with Crippen molar-refractivity contribution in [1.82, 2.24) is 0 Å². The van der Waals surface area contributed by atoms with Crippen LogP contribution < -0.4 is 15.4 Å². The van der Waals surface area contributed by atoms with Crippen LogP contribution in [0.15, 0.2) is 48.5 Å². The molecule has 0 aromatic heterocycles. The average Bonchev–Trinajstić information content (AvgIpc) is 2.47. The molecular weight excluding hydrogens is 271 g/mol. The Morgan fingerprint density at radius 3 is 2.76 bits per heavy atom. The quantitative estimate of drug-likeness (QED) is 0.857. The van der Waals surface area contributed by atoms with E-state index in [1.165, 1.54) is 12.1 Å². The van der Waals surface area contributed by atoms with Crippen molar-refractivity contribution in [2.24, 2.45) is 0 Å². The van der Waals surface area contributed by atoms with Crippen molar-refractivity contribution in [3.8, 4) is 5.75 Å². The summed E-state index contributed by atoms with van der Waals surface area (Å²) in [5, 5.41) is 5.78. The Bertz CT molecular complexity index is 617. The molecule has 2 aromatic rings. The van der Waals surface area contributed by atoms with Gasteiger partial charge in [0.2, 0.25) is 5.91 Å². The molecule has 0 spiro atoms. The van der Waals surface area contributed by atoms with Gasteiger partial charge in [0.15, 0.2) is 0 Å². The Kier molecular flexibility index (Phi) is 5.15. The normalized spacial score (nSPS) is 10.0. The molecule has 4 nitrogen and oxygen atoms in total. The number of carbonyl (C=O) groups is 1. The highest BCUT2D eigenvalue weighted by atomic mass is 19.1. The molecule has 110 valence electrons. The number of ether oxygens (including phenoxy) is 1. The number of hydrogen-bond donors (Lipinski definition) is 2. The lowest BCUT2D eigenvalue weighted by atomic mass is 10.2. The number of anilines is 2. The van der Waals surface area contributed by atoms with Crippen LogP contribution in [0.5, 0.6) is 5.75 Å². The van der Waals surface area contributed by atoms with Gasteiger partial charge in [-0.1, -0.05) is 18.2 Å². The van der Waals surface area contributed by atoms with Crippen LogP contribution in [0, 0.1) is 5.82 Å². The summed E-state index contributed by atoms with van der Waals surface area (Å²) >= 11 is 0. The fourth-order valence-electron chi connectivity index (χ4n) is 1.89. The van der Waals surface area contributed by atoms with Crippen molar-refractivity contribution >= 4 is 17.3 Å². The number of hydrogen-bond acceptors (Lipinski definition) is 3. The standard InChI is InChI=1S/C16H17FN2O2/c1-21-15-8-3-2-7-14(15)18-10-9-16(20)19-13-6-4-5-12(17)11-13/h2-8,11,18H,9-10H2,1H3,(H,19,20). The SMILES string of the molecule is COc1ccccc1NCCC(=O)Nc1cccc(F)c1. The second-order valence-corrected chi connectivity index (χ2v) is 4.44. The third-order valence-electron chi connectivity index (χ3n) is 2.88. The smallest absolute Gasteiger partial charge is 0.226 e. The van der Waals surface area contributed by atoms with E-state index in [9.17, 15) is 9.18 Å². The molecule has 1 amide bonds. The molecule has 0 aliphatic rings. The lowest BCUT2D eigenvalue weighted by molar-refractivity contribution is -0.115. The average molecular weight is 288 g/mol. The molecule has 0 heterocycles. The highest BCUT2D eigenvalue weighted by Crippen LogP contribution is 2.22. The molecule has 0 radical (unpaired) electrons. The lowest BCUT2D eigenvalue weighted by Crippen LogP contribution is -2.16. The summed E-state index contributed by atoms with van der Waals surface area (Å²) in [7, 11) is 1.59. The Morgan fingerprint density at radius 2 is 2.00 bits per heavy atom. The number of rotatable bonds is 6. The summed E-state index contributed by atoms with van der Waals surface area (Å²) in [4.78, 5) is 11.8. The number of halogens is 1. The van der Waals surface area contributed by atoms with Crippen molar-refractivity contribution in [1.29, 1.82) is 0 Å². The van der Waals surface area contributed by atoms with E-state index in [1.54, 1.807) is 19.2 Å². The summed E-state index contributed by atoms with van der Waals surface area (Å²) in [6, 6.07) is 13.3. The van der Waals surface area contributed by atoms with E-state index in [4.69, 9.17) is 4.74 Å². The van der Waals surface area contributed by atoms with Crippen LogP contribution >= 0.6 is 0 Å². The Morgan fingerprint density at radius 1 is 1.19 bits per heavy atom. The third-order valence-corrected chi connectivity index (χ3v) is 2.88. The van der Waals surface area contributed by atoms with Crippen LogP contribution in [0.1, 0.15) is 6.42 Å². The fraction of sp³-hybridized carbons (Fsp3) is 0.188. The van der Waals surface area contributed by atoms with Gasteiger partial charge in [0.1, 0.15) is 11.6 Å². The number of amides is 1. The molecule has 2 N–H and O–H groups in total. The predicted octanol–water partition coefficient (Wildman–Crippen LogP) is 3.28. The molecule has 0 fully saturated rings. The first-order chi connectivity index (χ1) is 10.2. The van der Waals surface area contributed by atoms with E-state index in [-0.39, 0.29) is 18.1 Å². The van der Waals surface area contributed by atoms with E-state index in [0.29, 0.717) is 12.2 Å². The van der Waals surface area contributed by atoms with Crippen LogP contribution in [0.2, 0.25) is 0 Å². The van der Waals surface area contributed by atoms with Crippen molar-refractivity contribution in [2.75, 3.05) is 24.3 Å². The van der Waals surface area contributed by atoms with Crippen molar-refractivity contribution in [2.45, 2.75) is 6.42 Å². The number of nitrogens with one attached hydrogen (secondary N) is 2. The highest BCUT2D eigenvalue weighted by molar-refractivity contribution is 5.91. The molecule has 0 bridgehead atoms. The third kappa shape index (κ3) is 4.49. The van der Waals surface area contributed by atoms with Crippen LogP contribution in [-0.4, -0.2) is 19.6 Å². The zero-order valence-electron chi connectivity index (χ0n) is 11.7. The van der Waals surface area contributed by atoms with Gasteiger partial charge in [0, 0.05) is 18.7 Å². The summed E-state index contributed by atoms with van der Waals surface area (Å²) in [6.07, 6.45) is 0.272. The minimum Gasteiger partial charge on any atom is -0.495 e. The topological polar surface area (TPSA) is 50.4 Å². The first-order valence-corrected chi connectivity index (χ1v) is 6.61. The molecule has 0 aliphatic heterocycles. The fourth-order valence-corrected chi connectivity index (χ4v) is 1.89. The molecule has 0 saturated heterocycles. The Hall–Kier alpha value is -2.56. The van der Waals surface area contributed by atoms with Gasteiger partial charge in [-0.2, -0.15) is 0 Å². The summed E-state index contributed by atoms with van der Waals surface area (Å²) in [5.74, 6) is 0.172. The van der Waals surface area contributed by atoms with Crippen LogP contribution in [0.3, 0.4) is 0 Å². The zero-order valence-corrected chi connectivity index (χ0v) is 11.7. The molecular formula is C16H17FN2O2. The summed E-state index contributed by atoms with van der Waals surface area (Å²) in [5.41, 5.74) is 1.29. The van der Waals surface area contributed by atoms with E-state index < -0.39 is 0 Å². The first kappa shape index (κ1) is 14.8. The molecule has 21 heavy (non-hydrogen) atoms. The largest absolute Gasteiger partial charge is 0.495 e. The van der Waals surface area contributed by atoms with Gasteiger partial charge in [-0.3, -0.25) is 4.79 Å². The number of benzene rings is 2. The number of carbonyl (C=O) groups excluding carboxylic acids is 1. The maximum Gasteiger partial charge on any atom is 0.226 e. The van der Waals surface area contributed by atoms with E-state index in [1.807, 2.05) is 24.3 Å². The van der Waals surface area contributed by atoms with Gasteiger partial charge >= 0.3 is 0 Å². The minimum atomic E-state index is -0.375. The zero-order chi connectivity index (χ0) is 15.1. The molecule has 0 atom stereocenters. The van der Waals surface area contributed by atoms with Crippen LogP contribution in [-0.2, 0) is 4.79 Å². The molecule has 0 aliphatic carbocycles. The molecule has 0 unspecified atom stereocenters. The van der Waals surface area contributed by atoms with Gasteiger partial charge in [0.25, 0.3) is 0 Å². The van der Waals surface area contributed by atoms with Crippen molar-refractivity contribution in [3.63, 3.8) is 0 Å². The number of para-hydroxylation sites is 2. The highest BCUT2D eigenvalue weighted by Gasteiger charge is 2.05. The minimum absolute atomic E-state index is 0.178. The second-order valence-electron chi connectivity index (χ2n) is 4.44. The summed E-state index contributed by atoms with van der Waals surface area (Å²) < 4.78 is 18.2. The van der Waals surface area contributed by atoms with Crippen molar-refractivity contribution in [3.05, 3.63) is 54.3 Å². The van der Waals surface area contributed by atoms with Gasteiger partial charge in [-0.25, -0.2) is 4.39 Å². The molecule has 2 rings (SSSR count). The van der Waals surface area contributed by atoms with Crippen molar-refractivity contribution < 1.29 is 13.9 Å². The molecule has 2 aromatic carbocycles. The monoisotopic (exact) mass is 288 g/mol. The first-order valence-electron chi connectivity index (χ1n) is 6.61. The van der Waals surface area contributed by atoms with Gasteiger partial charge in [0.05, 0.1) is 12.8 Å². The van der Waals surface area contributed by atoms with Crippen LogP contribution in [0.4, 0.5) is 15.8 Å². The van der Waals surface area contributed by atoms with E-state index in [0.717, 1.165) is 11.4 Å². The molecule has 5 heteroatoms. The predicted molar refractivity (Wildman–Crippen MR) is 81.1 cm³/mol. The molecule has 0 saturated carbocycles. The maximum atomic E-state index is 13.0. The summed E-state index contributed by atoms with van der Waals surface area (Å²) in [6.45, 7) is 0.460. The van der Waals surface area contributed by atoms with Gasteiger partial charge in [-0.05, 0) is 30.3 Å².